The fourth-order valence-corrected chi connectivity index (χ4v) is 6.07. The third-order valence-corrected chi connectivity index (χ3v) is 8.63. The quantitative estimate of drug-likeness (QED) is 0.207. The molecule has 0 atom stereocenters. The van der Waals surface area contributed by atoms with E-state index >= 15 is 0 Å². The maximum Gasteiger partial charge on any atom is 0.163 e. The van der Waals surface area contributed by atoms with E-state index in [1.54, 1.807) is 18.4 Å². The van der Waals surface area contributed by atoms with Crippen LogP contribution in [-0.4, -0.2) is 73.3 Å². The predicted octanol–water partition coefficient (Wildman–Crippen LogP) is 6.59. The van der Waals surface area contributed by atoms with Crippen LogP contribution in [0, 0.1) is 6.92 Å². The second-order valence-corrected chi connectivity index (χ2v) is 11.4. The van der Waals surface area contributed by atoms with Gasteiger partial charge in [0.1, 0.15) is 5.01 Å². The van der Waals surface area contributed by atoms with Gasteiger partial charge in [-0.15, -0.1) is 11.3 Å². The number of thiazole rings is 1. The normalized spacial score (nSPS) is 14.6. The van der Waals surface area contributed by atoms with E-state index in [1.165, 1.54) is 4.70 Å². The Balaban J connectivity index is 1.20. The molecule has 0 spiro atoms. The van der Waals surface area contributed by atoms with Crippen LogP contribution in [0.5, 0.6) is 11.5 Å². The van der Waals surface area contributed by atoms with Crippen LogP contribution in [0.2, 0.25) is 0 Å². The van der Waals surface area contributed by atoms with E-state index in [-0.39, 0.29) is 0 Å². The summed E-state index contributed by atoms with van der Waals surface area (Å²) in [4.78, 5) is 14.4. The van der Waals surface area contributed by atoms with Gasteiger partial charge in [-0.3, -0.25) is 4.98 Å². The average Bonchev–Trinajstić information content (AvgIpc) is 3.41. The first-order chi connectivity index (χ1) is 19.6. The zero-order valence-corrected chi connectivity index (χ0v) is 24.1. The van der Waals surface area contributed by atoms with Crippen molar-refractivity contribution < 1.29 is 9.47 Å². The summed E-state index contributed by atoms with van der Waals surface area (Å²) in [6.45, 7) is 8.31. The Kier molecular flexibility index (Phi) is 7.82. The van der Waals surface area contributed by atoms with Gasteiger partial charge >= 0.3 is 0 Å². The van der Waals surface area contributed by atoms with Crippen molar-refractivity contribution in [1.29, 1.82) is 0 Å². The Bertz CT molecular complexity index is 1590. The maximum absolute atomic E-state index is 6.19. The summed E-state index contributed by atoms with van der Waals surface area (Å²) in [6.07, 6.45) is 2.81. The number of aryl methyl sites for hydroxylation is 1. The summed E-state index contributed by atoms with van der Waals surface area (Å²) < 4.78 is 13.1. The number of rotatable bonds is 9. The molecule has 3 aromatic carbocycles. The molecule has 40 heavy (non-hydrogen) atoms. The first-order valence-corrected chi connectivity index (χ1v) is 14.6. The molecule has 1 aliphatic heterocycles. The van der Waals surface area contributed by atoms with Gasteiger partial charge in [0, 0.05) is 67.3 Å². The molecule has 6 rings (SSSR count). The average molecular weight is 554 g/mol. The minimum atomic E-state index is 0.643. The van der Waals surface area contributed by atoms with Crippen molar-refractivity contribution in [2.75, 3.05) is 58.8 Å². The number of piperazine rings is 1. The fourth-order valence-electron chi connectivity index (χ4n) is 5.11. The van der Waals surface area contributed by atoms with Crippen LogP contribution in [0.3, 0.4) is 0 Å². The van der Waals surface area contributed by atoms with Crippen LogP contribution in [0.25, 0.3) is 31.7 Å². The Morgan fingerprint density at radius 2 is 1.77 bits per heavy atom. The molecule has 5 aromatic rings. The number of nitrogens with zero attached hydrogens (tertiary/aromatic N) is 4. The summed E-state index contributed by atoms with van der Waals surface area (Å²) in [5.41, 5.74) is 6.14. The van der Waals surface area contributed by atoms with E-state index in [2.05, 4.69) is 70.5 Å². The van der Waals surface area contributed by atoms with Gasteiger partial charge in [0.05, 0.1) is 29.5 Å². The van der Waals surface area contributed by atoms with Gasteiger partial charge in [0.25, 0.3) is 0 Å². The van der Waals surface area contributed by atoms with Crippen molar-refractivity contribution >= 4 is 43.8 Å². The van der Waals surface area contributed by atoms with E-state index in [0.29, 0.717) is 12.4 Å². The lowest BCUT2D eigenvalue weighted by Gasteiger charge is -2.32. The Morgan fingerprint density at radius 1 is 0.925 bits per heavy atom. The first kappa shape index (κ1) is 26.5. The Morgan fingerprint density at radius 3 is 2.60 bits per heavy atom. The van der Waals surface area contributed by atoms with Gasteiger partial charge in [-0.1, -0.05) is 24.3 Å². The van der Waals surface area contributed by atoms with E-state index < -0.39 is 0 Å². The summed E-state index contributed by atoms with van der Waals surface area (Å²) >= 11 is 1.71. The lowest BCUT2D eigenvalue weighted by Crippen LogP contribution is -2.44. The van der Waals surface area contributed by atoms with Crippen LogP contribution in [0.15, 0.2) is 66.9 Å². The number of likely N-dealkylation sites (N-methyl/N-ethyl adjacent to an activating group) is 1. The van der Waals surface area contributed by atoms with Crippen LogP contribution in [0.4, 0.5) is 11.4 Å². The zero-order chi connectivity index (χ0) is 27.5. The van der Waals surface area contributed by atoms with Gasteiger partial charge in [-0.2, -0.15) is 0 Å². The Hall–Kier alpha value is -3.72. The minimum Gasteiger partial charge on any atom is -0.493 e. The fraction of sp³-hybridized carbons (Fsp3) is 0.312. The highest BCUT2D eigenvalue weighted by Gasteiger charge is 2.15. The molecule has 0 bridgehead atoms. The number of methoxy groups -OCH3 is 1. The molecule has 7 nitrogen and oxygen atoms in total. The molecule has 3 heterocycles. The smallest absolute Gasteiger partial charge is 0.163 e. The number of nitrogens with one attached hydrogen (secondary N) is 1. The van der Waals surface area contributed by atoms with Gasteiger partial charge < -0.3 is 24.6 Å². The van der Waals surface area contributed by atoms with Crippen LogP contribution in [0.1, 0.15) is 12.0 Å². The first-order valence-electron chi connectivity index (χ1n) is 13.8. The SMILES string of the molecule is COc1cc2c(Nc3cc(-c4nc5ccccc5s4)ccc3C)ccnc2cc1OCCCN1CCN(C)CC1. The number of hydrogen-bond donors (Lipinski definition) is 1. The maximum atomic E-state index is 6.19. The molecular formula is C32H35N5O2S. The van der Waals surface area contributed by atoms with Crippen LogP contribution in [-0.2, 0) is 0 Å². The highest BCUT2D eigenvalue weighted by atomic mass is 32.1. The molecule has 1 aliphatic rings. The molecule has 8 heteroatoms. The lowest BCUT2D eigenvalue weighted by atomic mass is 10.1. The van der Waals surface area contributed by atoms with Crippen molar-refractivity contribution in [1.82, 2.24) is 19.8 Å². The molecule has 1 fully saturated rings. The van der Waals surface area contributed by atoms with Crippen molar-refractivity contribution in [3.05, 3.63) is 72.4 Å². The van der Waals surface area contributed by atoms with Gasteiger partial charge in [0.2, 0.25) is 0 Å². The number of benzene rings is 3. The highest BCUT2D eigenvalue weighted by molar-refractivity contribution is 7.21. The second-order valence-electron chi connectivity index (χ2n) is 10.4. The van der Waals surface area contributed by atoms with E-state index in [0.717, 1.165) is 88.8 Å². The van der Waals surface area contributed by atoms with Crippen molar-refractivity contribution in [3.8, 4) is 22.1 Å². The predicted molar refractivity (Wildman–Crippen MR) is 165 cm³/mol. The third kappa shape index (κ3) is 5.75. The summed E-state index contributed by atoms with van der Waals surface area (Å²) in [5.74, 6) is 1.44. The number of para-hydroxylation sites is 1. The molecular weight excluding hydrogens is 518 g/mol. The van der Waals surface area contributed by atoms with Crippen molar-refractivity contribution in [2.45, 2.75) is 13.3 Å². The summed E-state index contributed by atoms with van der Waals surface area (Å²) in [5, 5.41) is 5.65. The molecule has 2 aromatic heterocycles. The van der Waals surface area contributed by atoms with Crippen LogP contribution >= 0.6 is 11.3 Å². The number of hydrogen-bond acceptors (Lipinski definition) is 8. The monoisotopic (exact) mass is 553 g/mol. The van der Waals surface area contributed by atoms with Crippen LogP contribution < -0.4 is 14.8 Å². The Labute approximate surface area is 239 Å². The highest BCUT2D eigenvalue weighted by Crippen LogP contribution is 2.37. The van der Waals surface area contributed by atoms with Crippen molar-refractivity contribution in [2.24, 2.45) is 0 Å². The number of ether oxygens (including phenoxy) is 2. The second kappa shape index (κ2) is 11.8. The molecule has 1 N–H and O–H groups in total. The zero-order valence-electron chi connectivity index (χ0n) is 23.3. The number of anilines is 2. The number of pyridine rings is 1. The van der Waals surface area contributed by atoms with Gasteiger partial charge in [-0.25, -0.2) is 4.98 Å². The molecule has 0 aliphatic carbocycles. The van der Waals surface area contributed by atoms with Crippen molar-refractivity contribution in [3.63, 3.8) is 0 Å². The van der Waals surface area contributed by atoms with E-state index in [1.807, 2.05) is 30.5 Å². The van der Waals surface area contributed by atoms with Gasteiger partial charge in [0.15, 0.2) is 11.5 Å². The molecule has 0 radical (unpaired) electrons. The van der Waals surface area contributed by atoms with E-state index in [4.69, 9.17) is 14.5 Å². The molecule has 0 amide bonds. The minimum absolute atomic E-state index is 0.643. The molecule has 206 valence electrons. The van der Waals surface area contributed by atoms with E-state index in [9.17, 15) is 0 Å². The topological polar surface area (TPSA) is 62.8 Å². The van der Waals surface area contributed by atoms with Gasteiger partial charge in [-0.05, 0) is 56.3 Å². The number of aromatic nitrogens is 2. The third-order valence-electron chi connectivity index (χ3n) is 7.55. The molecule has 0 saturated carbocycles. The molecule has 0 unspecified atom stereocenters. The number of fused-ring (bicyclic) bond motifs is 2. The largest absolute Gasteiger partial charge is 0.493 e. The lowest BCUT2D eigenvalue weighted by molar-refractivity contribution is 0.145. The standard InChI is InChI=1S/C32H35N5O2S/c1-22-9-10-23(32-35-26-7-4-5-8-31(26)40-32)19-27(22)34-25-11-12-33-28-21-30(29(38-3)20-24(25)28)39-18-6-13-37-16-14-36(2)15-17-37/h4-5,7-12,19-21H,6,13-18H2,1-3H3,(H,33,34). The summed E-state index contributed by atoms with van der Waals surface area (Å²) in [7, 11) is 3.87. The summed E-state index contributed by atoms with van der Waals surface area (Å²) in [6, 6.07) is 20.7. The molecule has 1 saturated heterocycles.